The normalized spacial score (nSPS) is 28.9. The molecule has 1 aliphatic heterocycles. The van der Waals surface area contributed by atoms with Crippen molar-refractivity contribution in [1.29, 1.82) is 0 Å². The van der Waals surface area contributed by atoms with E-state index in [9.17, 15) is 4.79 Å². The van der Waals surface area contributed by atoms with Gasteiger partial charge in [0.15, 0.2) is 0 Å². The number of piperidine rings is 1. The molecule has 1 saturated carbocycles. The maximum absolute atomic E-state index is 12.2. The van der Waals surface area contributed by atoms with Gasteiger partial charge in [-0.25, -0.2) is 0 Å². The van der Waals surface area contributed by atoms with Gasteiger partial charge in [-0.3, -0.25) is 9.78 Å². The predicted octanol–water partition coefficient (Wildman–Crippen LogP) is 1.31. The molecule has 2 N–H and O–H groups in total. The molecule has 19 heavy (non-hydrogen) atoms. The number of furan rings is 1. The van der Waals surface area contributed by atoms with Crippen LogP contribution in [-0.4, -0.2) is 29.5 Å². The van der Waals surface area contributed by atoms with E-state index >= 15 is 0 Å². The molecule has 2 bridgehead atoms. The summed E-state index contributed by atoms with van der Waals surface area (Å²) in [5, 5.41) is 7.43. The van der Waals surface area contributed by atoms with Crippen LogP contribution in [0.4, 0.5) is 0 Å². The summed E-state index contributed by atoms with van der Waals surface area (Å²) in [4.78, 5) is 16.4. The molecule has 1 aliphatic carbocycles. The fourth-order valence-corrected chi connectivity index (χ4v) is 3.23. The molecule has 0 radical (unpaired) electrons. The second-order valence-corrected chi connectivity index (χ2v) is 5.46. The van der Waals surface area contributed by atoms with Crippen LogP contribution in [0.1, 0.15) is 23.3 Å². The molecule has 0 aromatic carbocycles. The second kappa shape index (κ2) is 4.06. The Hall–Kier alpha value is -1.88. The molecule has 98 valence electrons. The number of hydrogen-bond donors (Lipinski definition) is 2. The summed E-state index contributed by atoms with van der Waals surface area (Å²) >= 11 is 0. The van der Waals surface area contributed by atoms with E-state index < -0.39 is 0 Å². The van der Waals surface area contributed by atoms with Gasteiger partial charge < -0.3 is 15.1 Å². The van der Waals surface area contributed by atoms with Crippen LogP contribution in [0, 0.1) is 5.92 Å². The predicted molar refractivity (Wildman–Crippen MR) is 69.8 cm³/mol. The molecule has 5 nitrogen and oxygen atoms in total. The van der Waals surface area contributed by atoms with Gasteiger partial charge in [-0.2, -0.15) is 0 Å². The lowest BCUT2D eigenvalue weighted by molar-refractivity contribution is 0.0923. The highest BCUT2D eigenvalue weighted by molar-refractivity contribution is 5.95. The molecular weight excluding hydrogens is 242 g/mol. The van der Waals surface area contributed by atoms with Gasteiger partial charge in [0.25, 0.3) is 5.91 Å². The Bertz CT molecular complexity index is 636. The van der Waals surface area contributed by atoms with Gasteiger partial charge in [0.2, 0.25) is 0 Å². The van der Waals surface area contributed by atoms with E-state index in [0.717, 1.165) is 24.3 Å². The van der Waals surface area contributed by atoms with Gasteiger partial charge in [0, 0.05) is 29.7 Å². The summed E-state index contributed by atoms with van der Waals surface area (Å²) in [7, 11) is 0. The number of nitrogens with zero attached hydrogens (tertiary/aromatic N) is 1. The third kappa shape index (κ3) is 1.81. The summed E-state index contributed by atoms with van der Waals surface area (Å²) < 4.78 is 5.30. The van der Waals surface area contributed by atoms with E-state index in [1.165, 1.54) is 6.42 Å². The first kappa shape index (κ1) is 11.0. The molecule has 0 spiro atoms. The molecular formula is C14H15N3O2. The van der Waals surface area contributed by atoms with Crippen molar-refractivity contribution in [3.05, 3.63) is 30.3 Å². The SMILES string of the molecule is O=C(NC1CC2CNC1C2)c1cc2occc2cn1. The zero-order valence-corrected chi connectivity index (χ0v) is 10.4. The number of rotatable bonds is 2. The van der Waals surface area contributed by atoms with Gasteiger partial charge in [-0.05, 0) is 31.4 Å². The van der Waals surface area contributed by atoms with Crippen molar-refractivity contribution in [3.8, 4) is 0 Å². The lowest BCUT2D eigenvalue weighted by Crippen LogP contribution is -2.48. The number of carbonyl (C=O) groups is 1. The molecule has 2 aromatic heterocycles. The Morgan fingerprint density at radius 2 is 2.42 bits per heavy atom. The zero-order chi connectivity index (χ0) is 12.8. The Morgan fingerprint density at radius 3 is 3.21 bits per heavy atom. The van der Waals surface area contributed by atoms with Crippen LogP contribution in [0.2, 0.25) is 0 Å². The van der Waals surface area contributed by atoms with Gasteiger partial charge >= 0.3 is 0 Å². The molecule has 2 fully saturated rings. The minimum Gasteiger partial charge on any atom is -0.464 e. The fraction of sp³-hybridized carbons (Fsp3) is 0.429. The Kier molecular flexibility index (Phi) is 2.35. The first-order valence-electron chi connectivity index (χ1n) is 6.67. The van der Waals surface area contributed by atoms with Crippen LogP contribution >= 0.6 is 0 Å². The number of fused-ring (bicyclic) bond motifs is 3. The number of aromatic nitrogens is 1. The number of amides is 1. The zero-order valence-electron chi connectivity index (χ0n) is 10.4. The van der Waals surface area contributed by atoms with Crippen LogP contribution in [0.5, 0.6) is 0 Å². The first-order valence-corrected chi connectivity index (χ1v) is 6.67. The highest BCUT2D eigenvalue weighted by atomic mass is 16.3. The van der Waals surface area contributed by atoms with E-state index in [1.54, 1.807) is 18.5 Å². The topological polar surface area (TPSA) is 67.2 Å². The van der Waals surface area contributed by atoms with Crippen LogP contribution < -0.4 is 10.6 Å². The highest BCUT2D eigenvalue weighted by Gasteiger charge is 2.40. The van der Waals surface area contributed by atoms with Crippen LogP contribution in [-0.2, 0) is 0 Å². The third-order valence-electron chi connectivity index (χ3n) is 4.22. The summed E-state index contributed by atoms with van der Waals surface area (Å²) in [6.07, 6.45) is 5.53. The second-order valence-electron chi connectivity index (χ2n) is 5.46. The maximum atomic E-state index is 12.2. The Balaban J connectivity index is 1.53. The Labute approximate surface area is 110 Å². The van der Waals surface area contributed by atoms with Crippen molar-refractivity contribution in [2.75, 3.05) is 6.54 Å². The minimum atomic E-state index is -0.113. The van der Waals surface area contributed by atoms with Crippen molar-refractivity contribution in [1.82, 2.24) is 15.6 Å². The molecule has 1 amide bonds. The quantitative estimate of drug-likeness (QED) is 0.851. The molecule has 2 aromatic rings. The average Bonchev–Trinajstić information content (AvgIpc) is 3.13. The van der Waals surface area contributed by atoms with Crippen LogP contribution in [0.3, 0.4) is 0 Å². The molecule has 1 saturated heterocycles. The van der Waals surface area contributed by atoms with Crippen molar-refractivity contribution >= 4 is 16.9 Å². The highest BCUT2D eigenvalue weighted by Crippen LogP contribution is 2.31. The summed E-state index contributed by atoms with van der Waals surface area (Å²) in [5.41, 5.74) is 1.12. The molecule has 3 atom stereocenters. The first-order chi connectivity index (χ1) is 9.29. The van der Waals surface area contributed by atoms with E-state index in [0.29, 0.717) is 17.3 Å². The molecule has 4 rings (SSSR count). The third-order valence-corrected chi connectivity index (χ3v) is 4.22. The van der Waals surface area contributed by atoms with Crippen molar-refractivity contribution in [3.63, 3.8) is 0 Å². The number of pyridine rings is 1. The number of carbonyl (C=O) groups excluding carboxylic acids is 1. The summed E-state index contributed by atoms with van der Waals surface area (Å²) in [6, 6.07) is 4.21. The maximum Gasteiger partial charge on any atom is 0.270 e. The fourth-order valence-electron chi connectivity index (χ4n) is 3.23. The van der Waals surface area contributed by atoms with E-state index in [4.69, 9.17) is 4.42 Å². The van der Waals surface area contributed by atoms with E-state index in [1.807, 2.05) is 6.07 Å². The van der Waals surface area contributed by atoms with Crippen molar-refractivity contribution in [2.24, 2.45) is 5.92 Å². The smallest absolute Gasteiger partial charge is 0.270 e. The van der Waals surface area contributed by atoms with E-state index in [-0.39, 0.29) is 11.9 Å². The number of hydrogen-bond acceptors (Lipinski definition) is 4. The standard InChI is InChI=1S/C14H15N3O2/c18-14(17-11-4-8-3-10(11)15-6-8)12-5-13-9(7-16-12)1-2-19-13/h1-2,5,7-8,10-11,15H,3-4,6H2,(H,17,18). The summed E-state index contributed by atoms with van der Waals surface area (Å²) in [5.74, 6) is 0.605. The van der Waals surface area contributed by atoms with Gasteiger partial charge in [-0.15, -0.1) is 0 Å². The largest absolute Gasteiger partial charge is 0.464 e. The van der Waals surface area contributed by atoms with Gasteiger partial charge in [0.05, 0.1) is 6.26 Å². The van der Waals surface area contributed by atoms with Crippen LogP contribution in [0.25, 0.3) is 11.0 Å². The average molecular weight is 257 g/mol. The van der Waals surface area contributed by atoms with Crippen LogP contribution in [0.15, 0.2) is 29.0 Å². The lowest BCUT2D eigenvalue weighted by Gasteiger charge is -2.23. The molecule has 3 heterocycles. The van der Waals surface area contributed by atoms with Crippen molar-refractivity contribution in [2.45, 2.75) is 24.9 Å². The Morgan fingerprint density at radius 1 is 1.47 bits per heavy atom. The lowest BCUT2D eigenvalue weighted by atomic mass is 10.1. The summed E-state index contributed by atoms with van der Waals surface area (Å²) in [6.45, 7) is 1.09. The monoisotopic (exact) mass is 257 g/mol. The molecule has 5 heteroatoms. The van der Waals surface area contributed by atoms with E-state index in [2.05, 4.69) is 15.6 Å². The number of nitrogens with one attached hydrogen (secondary N) is 2. The molecule has 2 aliphatic rings. The van der Waals surface area contributed by atoms with Crippen molar-refractivity contribution < 1.29 is 9.21 Å². The minimum absolute atomic E-state index is 0.113. The van der Waals surface area contributed by atoms with Gasteiger partial charge in [-0.1, -0.05) is 0 Å². The molecule has 3 unspecified atom stereocenters. The van der Waals surface area contributed by atoms with Gasteiger partial charge in [0.1, 0.15) is 11.3 Å².